The van der Waals surface area contributed by atoms with Crippen molar-refractivity contribution >= 4 is 10.0 Å². The number of sulfonamides is 1. The van der Waals surface area contributed by atoms with Crippen molar-refractivity contribution in [3.8, 4) is 11.6 Å². The lowest BCUT2D eigenvalue weighted by atomic mass is 9.96. The molecule has 0 radical (unpaired) electrons. The highest BCUT2D eigenvalue weighted by atomic mass is 32.2. The van der Waals surface area contributed by atoms with E-state index in [2.05, 4.69) is 15.0 Å². The summed E-state index contributed by atoms with van der Waals surface area (Å²) in [6.07, 6.45) is 7.76. The van der Waals surface area contributed by atoms with Gasteiger partial charge in [-0.3, -0.25) is 9.97 Å². The van der Waals surface area contributed by atoms with E-state index in [1.54, 1.807) is 24.7 Å². The van der Waals surface area contributed by atoms with E-state index in [0.29, 0.717) is 30.4 Å². The zero-order valence-electron chi connectivity index (χ0n) is 13.7. The minimum absolute atomic E-state index is 0.0332. The minimum Gasteiger partial charge on any atom is -0.435 e. The van der Waals surface area contributed by atoms with Crippen molar-refractivity contribution in [2.45, 2.75) is 25.7 Å². The molecule has 1 fully saturated rings. The molecule has 0 saturated carbocycles. The molecular weight excluding hydrogens is 328 g/mol. The lowest BCUT2D eigenvalue weighted by Gasteiger charge is -2.30. The largest absolute Gasteiger partial charge is 0.435 e. The summed E-state index contributed by atoms with van der Waals surface area (Å²) in [5, 5.41) is 0. The van der Waals surface area contributed by atoms with Crippen LogP contribution >= 0.6 is 0 Å². The summed E-state index contributed by atoms with van der Waals surface area (Å²) in [6.45, 7) is 2.81. The predicted molar refractivity (Wildman–Crippen MR) is 89.5 cm³/mol. The first-order valence-electron chi connectivity index (χ1n) is 7.80. The smallest absolute Gasteiger partial charge is 0.241 e. The molecule has 0 N–H and O–H groups in total. The highest BCUT2D eigenvalue weighted by molar-refractivity contribution is 7.88. The fraction of sp³-hybridized carbons (Fsp3) is 0.438. The van der Waals surface area contributed by atoms with E-state index in [4.69, 9.17) is 4.74 Å². The maximum Gasteiger partial charge on any atom is 0.241 e. The number of rotatable bonds is 4. The van der Waals surface area contributed by atoms with Crippen LogP contribution in [0.2, 0.25) is 0 Å². The van der Waals surface area contributed by atoms with Crippen molar-refractivity contribution in [3.05, 3.63) is 42.1 Å². The molecule has 128 valence electrons. The SMILES string of the molecule is Cc1ncccc1Oc1nccnc1[C@@H]1CCCN(S(C)(=O)=O)C1. The predicted octanol–water partition coefficient (Wildman–Crippen LogP) is 2.11. The van der Waals surface area contributed by atoms with Gasteiger partial charge in [0.1, 0.15) is 5.69 Å². The third kappa shape index (κ3) is 3.70. The highest BCUT2D eigenvalue weighted by Gasteiger charge is 2.30. The molecule has 0 aliphatic carbocycles. The van der Waals surface area contributed by atoms with Gasteiger partial charge in [-0.1, -0.05) is 0 Å². The van der Waals surface area contributed by atoms with Crippen LogP contribution in [0.5, 0.6) is 11.6 Å². The summed E-state index contributed by atoms with van der Waals surface area (Å²) < 4.78 is 31.1. The second-order valence-corrected chi connectivity index (χ2v) is 7.88. The van der Waals surface area contributed by atoms with Crippen LogP contribution in [0, 0.1) is 6.92 Å². The summed E-state index contributed by atoms with van der Waals surface area (Å²) in [6, 6.07) is 3.62. The lowest BCUT2D eigenvalue weighted by Crippen LogP contribution is -2.38. The van der Waals surface area contributed by atoms with Gasteiger partial charge in [0.2, 0.25) is 15.9 Å². The molecule has 8 heteroatoms. The van der Waals surface area contributed by atoms with Gasteiger partial charge < -0.3 is 4.74 Å². The van der Waals surface area contributed by atoms with E-state index in [9.17, 15) is 8.42 Å². The molecule has 0 amide bonds. The van der Waals surface area contributed by atoms with Crippen molar-refractivity contribution < 1.29 is 13.2 Å². The minimum atomic E-state index is -3.21. The van der Waals surface area contributed by atoms with E-state index in [0.717, 1.165) is 18.5 Å². The zero-order chi connectivity index (χ0) is 17.2. The summed E-state index contributed by atoms with van der Waals surface area (Å²) in [5.74, 6) is 0.998. The average molecular weight is 348 g/mol. The first-order valence-corrected chi connectivity index (χ1v) is 9.65. The zero-order valence-corrected chi connectivity index (χ0v) is 14.5. The van der Waals surface area contributed by atoms with E-state index < -0.39 is 10.0 Å². The van der Waals surface area contributed by atoms with Crippen molar-refractivity contribution in [1.29, 1.82) is 0 Å². The number of aryl methyl sites for hydroxylation is 1. The third-order valence-electron chi connectivity index (χ3n) is 4.10. The Morgan fingerprint density at radius 3 is 2.75 bits per heavy atom. The Hall–Kier alpha value is -2.06. The second-order valence-electron chi connectivity index (χ2n) is 5.90. The maximum absolute atomic E-state index is 11.8. The number of aromatic nitrogens is 3. The van der Waals surface area contributed by atoms with E-state index >= 15 is 0 Å². The monoisotopic (exact) mass is 348 g/mol. The standard InChI is InChI=1S/C16H20N4O3S/c1-12-14(6-3-7-17-12)23-16-15(18-8-9-19-16)13-5-4-10-20(11-13)24(2,21)22/h3,6-9,13H,4-5,10-11H2,1-2H3/t13-/m1/s1. The molecule has 2 aromatic rings. The molecule has 0 spiro atoms. The molecule has 1 saturated heterocycles. The maximum atomic E-state index is 11.8. The van der Waals surface area contributed by atoms with Gasteiger partial charge in [0.05, 0.1) is 11.9 Å². The van der Waals surface area contributed by atoms with Crippen LogP contribution in [0.3, 0.4) is 0 Å². The van der Waals surface area contributed by atoms with Crippen LogP contribution in [-0.4, -0.2) is 47.0 Å². The Balaban J connectivity index is 1.88. The van der Waals surface area contributed by atoms with Gasteiger partial charge in [-0.15, -0.1) is 0 Å². The molecule has 2 aromatic heterocycles. The Kier molecular flexibility index (Phi) is 4.77. The third-order valence-corrected chi connectivity index (χ3v) is 5.37. The Labute approximate surface area is 141 Å². The normalized spacial score (nSPS) is 19.2. The lowest BCUT2D eigenvalue weighted by molar-refractivity contribution is 0.308. The summed E-state index contributed by atoms with van der Waals surface area (Å²) >= 11 is 0. The van der Waals surface area contributed by atoms with Crippen molar-refractivity contribution in [1.82, 2.24) is 19.3 Å². The van der Waals surface area contributed by atoms with Crippen LogP contribution in [0.25, 0.3) is 0 Å². The highest BCUT2D eigenvalue weighted by Crippen LogP contribution is 2.33. The Morgan fingerprint density at radius 2 is 2.00 bits per heavy atom. The number of ether oxygens (including phenoxy) is 1. The number of pyridine rings is 1. The number of piperidine rings is 1. The van der Waals surface area contributed by atoms with Gasteiger partial charge >= 0.3 is 0 Å². The van der Waals surface area contributed by atoms with Crippen LogP contribution in [0.15, 0.2) is 30.7 Å². The van der Waals surface area contributed by atoms with Gasteiger partial charge in [-0.25, -0.2) is 17.7 Å². The second kappa shape index (κ2) is 6.82. The number of hydrogen-bond donors (Lipinski definition) is 0. The average Bonchev–Trinajstić information content (AvgIpc) is 2.57. The molecule has 0 aromatic carbocycles. The van der Waals surface area contributed by atoms with Crippen LogP contribution in [0.4, 0.5) is 0 Å². The molecule has 3 heterocycles. The van der Waals surface area contributed by atoms with Gasteiger partial charge in [-0.2, -0.15) is 0 Å². The van der Waals surface area contributed by atoms with Gasteiger partial charge in [-0.05, 0) is 31.9 Å². The molecule has 7 nitrogen and oxygen atoms in total. The fourth-order valence-corrected chi connectivity index (χ4v) is 3.75. The molecule has 1 aliphatic heterocycles. The van der Waals surface area contributed by atoms with Gasteiger partial charge in [0.25, 0.3) is 0 Å². The number of hydrogen-bond acceptors (Lipinski definition) is 6. The van der Waals surface area contributed by atoms with E-state index in [1.165, 1.54) is 10.6 Å². The first-order chi connectivity index (χ1) is 11.4. The molecule has 1 atom stereocenters. The molecule has 3 rings (SSSR count). The summed E-state index contributed by atoms with van der Waals surface area (Å²) in [5.41, 5.74) is 1.45. The van der Waals surface area contributed by atoms with Gasteiger partial charge in [0.15, 0.2) is 5.75 Å². The fourth-order valence-electron chi connectivity index (χ4n) is 2.84. The van der Waals surface area contributed by atoms with Crippen LogP contribution < -0.4 is 4.74 Å². The Morgan fingerprint density at radius 1 is 1.21 bits per heavy atom. The van der Waals surface area contributed by atoms with Crippen molar-refractivity contribution in [2.75, 3.05) is 19.3 Å². The first kappa shape index (κ1) is 16.8. The molecule has 0 bridgehead atoms. The number of nitrogens with zero attached hydrogens (tertiary/aromatic N) is 4. The van der Waals surface area contributed by atoms with Crippen LogP contribution in [-0.2, 0) is 10.0 Å². The van der Waals surface area contributed by atoms with Gasteiger partial charge in [0, 0.05) is 37.6 Å². The van der Waals surface area contributed by atoms with Crippen molar-refractivity contribution in [2.24, 2.45) is 0 Å². The summed E-state index contributed by atoms with van der Waals surface area (Å²) in [7, 11) is -3.21. The van der Waals surface area contributed by atoms with E-state index in [1.807, 2.05) is 13.0 Å². The Bertz CT molecular complexity index is 826. The molecule has 1 aliphatic rings. The van der Waals surface area contributed by atoms with Crippen LogP contribution in [0.1, 0.15) is 30.1 Å². The topological polar surface area (TPSA) is 85.3 Å². The summed E-state index contributed by atoms with van der Waals surface area (Å²) in [4.78, 5) is 12.9. The van der Waals surface area contributed by atoms with E-state index in [-0.39, 0.29) is 5.92 Å². The molecule has 0 unspecified atom stereocenters. The molecular formula is C16H20N4O3S. The van der Waals surface area contributed by atoms with Crippen molar-refractivity contribution in [3.63, 3.8) is 0 Å². The quantitative estimate of drug-likeness (QED) is 0.841. The molecule has 24 heavy (non-hydrogen) atoms.